The molecule has 2 N–H and O–H groups in total. The van der Waals surface area contributed by atoms with E-state index < -0.39 is 0 Å². The summed E-state index contributed by atoms with van der Waals surface area (Å²) in [6.07, 6.45) is 2.04. The highest BCUT2D eigenvalue weighted by molar-refractivity contribution is 5.66. The third kappa shape index (κ3) is 3.77. The van der Waals surface area contributed by atoms with Crippen LogP contribution in [0.2, 0.25) is 0 Å². The van der Waals surface area contributed by atoms with E-state index in [9.17, 15) is 0 Å². The Kier molecular flexibility index (Phi) is 5.49. The zero-order valence-electron chi connectivity index (χ0n) is 12.3. The highest BCUT2D eigenvalue weighted by atomic mass is 16.5. The molecule has 0 unspecified atom stereocenters. The molecule has 1 aliphatic rings. The quantitative estimate of drug-likeness (QED) is 0.790. The standard InChI is InChI=1S/C15H24N2O3/c1-17(7-8-18)6-3-4-12-10-13-15(14(11-12)19-2)20-9-5-16-13/h10-11,16,18H,3-9H2,1-2H3. The molecular formula is C15H24N2O3. The number of anilines is 1. The number of nitrogens with one attached hydrogen (secondary N) is 1. The molecule has 5 nitrogen and oxygen atoms in total. The number of rotatable bonds is 7. The second-order valence-corrected chi connectivity index (χ2v) is 5.08. The third-order valence-electron chi connectivity index (χ3n) is 3.49. The topological polar surface area (TPSA) is 54.0 Å². The van der Waals surface area contributed by atoms with E-state index in [4.69, 9.17) is 14.6 Å². The average Bonchev–Trinajstić information content (AvgIpc) is 2.46. The summed E-state index contributed by atoms with van der Waals surface area (Å²) in [5.74, 6) is 1.62. The predicted molar refractivity (Wildman–Crippen MR) is 79.9 cm³/mol. The maximum atomic E-state index is 8.87. The largest absolute Gasteiger partial charge is 0.493 e. The van der Waals surface area contributed by atoms with E-state index in [1.165, 1.54) is 5.56 Å². The molecule has 0 saturated carbocycles. The minimum atomic E-state index is 0.213. The molecule has 0 fully saturated rings. The summed E-state index contributed by atoms with van der Waals surface area (Å²) in [5, 5.41) is 12.2. The molecule has 0 spiro atoms. The second kappa shape index (κ2) is 7.36. The molecule has 0 amide bonds. The Morgan fingerprint density at radius 1 is 1.40 bits per heavy atom. The van der Waals surface area contributed by atoms with E-state index in [2.05, 4.69) is 22.3 Å². The number of fused-ring (bicyclic) bond motifs is 1. The normalized spacial score (nSPS) is 13.6. The molecule has 2 rings (SSSR count). The first-order valence-corrected chi connectivity index (χ1v) is 7.11. The summed E-state index contributed by atoms with van der Waals surface area (Å²) < 4.78 is 11.1. The Hall–Kier alpha value is -1.46. The van der Waals surface area contributed by atoms with Crippen LogP contribution in [0.25, 0.3) is 0 Å². The summed E-state index contributed by atoms with van der Waals surface area (Å²) in [7, 11) is 3.70. The van der Waals surface area contributed by atoms with Crippen molar-refractivity contribution in [2.45, 2.75) is 12.8 Å². The molecule has 1 aliphatic heterocycles. The molecule has 1 aromatic carbocycles. The van der Waals surface area contributed by atoms with E-state index in [0.29, 0.717) is 6.61 Å². The number of ether oxygens (including phenoxy) is 2. The fourth-order valence-corrected chi connectivity index (χ4v) is 2.41. The zero-order valence-corrected chi connectivity index (χ0v) is 12.3. The van der Waals surface area contributed by atoms with Gasteiger partial charge in [-0.3, -0.25) is 0 Å². The number of aliphatic hydroxyl groups is 1. The van der Waals surface area contributed by atoms with Crippen molar-refractivity contribution in [1.82, 2.24) is 4.90 Å². The summed E-state index contributed by atoms with van der Waals surface area (Å²) in [6, 6.07) is 4.20. The number of nitrogens with zero attached hydrogens (tertiary/aromatic N) is 1. The fraction of sp³-hybridized carbons (Fsp3) is 0.600. The summed E-state index contributed by atoms with van der Waals surface area (Å²) in [4.78, 5) is 2.14. The van der Waals surface area contributed by atoms with Crippen molar-refractivity contribution in [1.29, 1.82) is 0 Å². The van der Waals surface area contributed by atoms with Crippen LogP contribution in [0.5, 0.6) is 11.5 Å². The van der Waals surface area contributed by atoms with Crippen molar-refractivity contribution in [2.75, 3.05) is 52.3 Å². The van der Waals surface area contributed by atoms with Crippen molar-refractivity contribution in [3.63, 3.8) is 0 Å². The summed E-state index contributed by atoms with van der Waals surface area (Å²) in [6.45, 7) is 3.42. The van der Waals surface area contributed by atoms with E-state index in [0.717, 1.165) is 49.7 Å². The van der Waals surface area contributed by atoms with Crippen LogP contribution >= 0.6 is 0 Å². The van der Waals surface area contributed by atoms with Gasteiger partial charge in [0, 0.05) is 13.1 Å². The van der Waals surface area contributed by atoms with Crippen LogP contribution in [-0.4, -0.2) is 57.0 Å². The molecule has 0 aliphatic carbocycles. The van der Waals surface area contributed by atoms with E-state index >= 15 is 0 Å². The van der Waals surface area contributed by atoms with Gasteiger partial charge in [-0.2, -0.15) is 0 Å². The highest BCUT2D eigenvalue weighted by Crippen LogP contribution is 2.38. The molecule has 1 aromatic rings. The lowest BCUT2D eigenvalue weighted by Crippen LogP contribution is -2.23. The number of benzene rings is 1. The smallest absolute Gasteiger partial charge is 0.184 e. The van der Waals surface area contributed by atoms with Crippen molar-refractivity contribution >= 4 is 5.69 Å². The van der Waals surface area contributed by atoms with Gasteiger partial charge in [0.1, 0.15) is 6.61 Å². The van der Waals surface area contributed by atoms with Gasteiger partial charge in [-0.05, 0) is 44.1 Å². The molecule has 20 heavy (non-hydrogen) atoms. The van der Waals surface area contributed by atoms with Crippen LogP contribution in [0.4, 0.5) is 5.69 Å². The molecule has 0 saturated heterocycles. The molecule has 0 radical (unpaired) electrons. The van der Waals surface area contributed by atoms with Crippen molar-refractivity contribution in [3.8, 4) is 11.5 Å². The Labute approximate surface area is 120 Å². The Balaban J connectivity index is 1.98. The number of aryl methyl sites for hydroxylation is 1. The number of methoxy groups -OCH3 is 1. The summed E-state index contributed by atoms with van der Waals surface area (Å²) in [5.41, 5.74) is 2.27. The minimum absolute atomic E-state index is 0.213. The van der Waals surface area contributed by atoms with Gasteiger partial charge >= 0.3 is 0 Å². The Morgan fingerprint density at radius 3 is 3.00 bits per heavy atom. The first-order valence-electron chi connectivity index (χ1n) is 7.11. The fourth-order valence-electron chi connectivity index (χ4n) is 2.41. The van der Waals surface area contributed by atoms with Crippen LogP contribution in [0.1, 0.15) is 12.0 Å². The SMILES string of the molecule is COc1cc(CCCN(C)CCO)cc2c1OCCN2. The third-order valence-corrected chi connectivity index (χ3v) is 3.49. The van der Waals surface area contributed by atoms with Crippen LogP contribution < -0.4 is 14.8 Å². The number of aliphatic hydroxyl groups excluding tert-OH is 1. The van der Waals surface area contributed by atoms with Crippen molar-refractivity contribution in [2.24, 2.45) is 0 Å². The van der Waals surface area contributed by atoms with Crippen LogP contribution in [-0.2, 0) is 6.42 Å². The number of hydrogen-bond acceptors (Lipinski definition) is 5. The molecule has 0 aromatic heterocycles. The monoisotopic (exact) mass is 280 g/mol. The van der Waals surface area contributed by atoms with Crippen molar-refractivity contribution in [3.05, 3.63) is 17.7 Å². The van der Waals surface area contributed by atoms with Gasteiger partial charge < -0.3 is 24.8 Å². The maximum Gasteiger partial charge on any atom is 0.184 e. The molecule has 5 heteroatoms. The lowest BCUT2D eigenvalue weighted by atomic mass is 10.1. The summed E-state index contributed by atoms with van der Waals surface area (Å²) >= 11 is 0. The van der Waals surface area contributed by atoms with Gasteiger partial charge in [0.2, 0.25) is 0 Å². The first kappa shape index (κ1) is 14.9. The second-order valence-electron chi connectivity index (χ2n) is 5.08. The number of hydrogen-bond donors (Lipinski definition) is 2. The minimum Gasteiger partial charge on any atom is -0.493 e. The average molecular weight is 280 g/mol. The molecule has 112 valence electrons. The lowest BCUT2D eigenvalue weighted by molar-refractivity contribution is 0.220. The van der Waals surface area contributed by atoms with Crippen LogP contribution in [0.3, 0.4) is 0 Å². The molecule has 0 atom stereocenters. The van der Waals surface area contributed by atoms with Crippen molar-refractivity contribution < 1.29 is 14.6 Å². The molecule has 1 heterocycles. The van der Waals surface area contributed by atoms with Gasteiger partial charge in [0.25, 0.3) is 0 Å². The number of likely N-dealkylation sites (N-methyl/N-ethyl adjacent to an activating group) is 1. The van der Waals surface area contributed by atoms with Gasteiger partial charge in [-0.1, -0.05) is 0 Å². The molecule has 0 bridgehead atoms. The Bertz CT molecular complexity index is 420. The van der Waals surface area contributed by atoms with Gasteiger partial charge in [0.05, 0.1) is 19.4 Å². The van der Waals surface area contributed by atoms with Gasteiger partial charge in [-0.25, -0.2) is 0 Å². The van der Waals surface area contributed by atoms with Gasteiger partial charge in [-0.15, -0.1) is 0 Å². The zero-order chi connectivity index (χ0) is 14.4. The van der Waals surface area contributed by atoms with E-state index in [-0.39, 0.29) is 6.61 Å². The highest BCUT2D eigenvalue weighted by Gasteiger charge is 2.16. The predicted octanol–water partition coefficient (Wildman–Crippen LogP) is 1.36. The van der Waals surface area contributed by atoms with E-state index in [1.54, 1.807) is 7.11 Å². The molecular weight excluding hydrogens is 256 g/mol. The Morgan fingerprint density at radius 2 is 2.25 bits per heavy atom. The lowest BCUT2D eigenvalue weighted by Gasteiger charge is -2.22. The van der Waals surface area contributed by atoms with Gasteiger partial charge in [0.15, 0.2) is 11.5 Å². The first-order chi connectivity index (χ1) is 9.74. The van der Waals surface area contributed by atoms with E-state index in [1.807, 2.05) is 7.05 Å². The maximum absolute atomic E-state index is 8.87. The van der Waals surface area contributed by atoms with Crippen LogP contribution in [0.15, 0.2) is 12.1 Å². The van der Waals surface area contributed by atoms with Crippen LogP contribution in [0, 0.1) is 0 Å².